The summed E-state index contributed by atoms with van der Waals surface area (Å²) < 4.78 is 5.79. The van der Waals surface area contributed by atoms with Crippen LogP contribution in [0.3, 0.4) is 0 Å². The lowest BCUT2D eigenvalue weighted by Gasteiger charge is -2.31. The van der Waals surface area contributed by atoms with Crippen LogP contribution < -0.4 is 5.73 Å². The van der Waals surface area contributed by atoms with Crippen molar-refractivity contribution >= 4 is 18.3 Å². The van der Waals surface area contributed by atoms with Gasteiger partial charge in [0.1, 0.15) is 5.69 Å². The van der Waals surface area contributed by atoms with Crippen molar-refractivity contribution < 1.29 is 9.53 Å². The first kappa shape index (κ1) is 20.4. The molecule has 6 nitrogen and oxygen atoms in total. The maximum absolute atomic E-state index is 12.7. The van der Waals surface area contributed by atoms with E-state index in [0.717, 1.165) is 30.5 Å². The zero-order chi connectivity index (χ0) is 17.6. The summed E-state index contributed by atoms with van der Waals surface area (Å²) in [7, 11) is 0. The lowest BCUT2D eigenvalue weighted by atomic mass is 10.1. The number of hydrogen-bond donors (Lipinski definition) is 2. The van der Waals surface area contributed by atoms with Crippen LogP contribution in [0.4, 0.5) is 0 Å². The zero-order valence-corrected chi connectivity index (χ0v) is 15.9. The molecule has 0 spiro atoms. The first-order valence-electron chi connectivity index (χ1n) is 8.91. The number of amides is 1. The van der Waals surface area contributed by atoms with Crippen molar-refractivity contribution in [1.29, 1.82) is 0 Å². The summed E-state index contributed by atoms with van der Waals surface area (Å²) in [5.41, 5.74) is 9.02. The molecule has 1 aliphatic rings. The van der Waals surface area contributed by atoms with Crippen LogP contribution in [0.25, 0.3) is 11.3 Å². The number of benzene rings is 1. The summed E-state index contributed by atoms with van der Waals surface area (Å²) in [4.78, 5) is 14.5. The number of aromatic nitrogens is 2. The Hall–Kier alpha value is -1.89. The normalized spacial score (nSPS) is 14.9. The van der Waals surface area contributed by atoms with Crippen LogP contribution in [0.2, 0.25) is 0 Å². The number of nitrogens with two attached hydrogens (primary N) is 1. The maximum atomic E-state index is 12.7. The van der Waals surface area contributed by atoms with E-state index in [2.05, 4.69) is 10.2 Å². The van der Waals surface area contributed by atoms with Gasteiger partial charge in [-0.25, -0.2) is 0 Å². The van der Waals surface area contributed by atoms with E-state index in [1.54, 1.807) is 0 Å². The molecule has 0 atom stereocenters. The molecule has 1 aliphatic heterocycles. The van der Waals surface area contributed by atoms with Crippen molar-refractivity contribution in [3.63, 3.8) is 0 Å². The fraction of sp³-hybridized carbons (Fsp3) is 0.474. The second-order valence-electron chi connectivity index (χ2n) is 6.54. The Balaban J connectivity index is 0.00000243. The van der Waals surface area contributed by atoms with Crippen LogP contribution in [-0.4, -0.2) is 53.3 Å². The molecule has 7 heteroatoms. The summed E-state index contributed by atoms with van der Waals surface area (Å²) in [6.45, 7) is 4.83. The average molecular weight is 379 g/mol. The van der Waals surface area contributed by atoms with E-state index < -0.39 is 0 Å². The number of hydrogen-bond acceptors (Lipinski definition) is 4. The van der Waals surface area contributed by atoms with Crippen LogP contribution in [0, 0.1) is 6.92 Å². The number of aryl methyl sites for hydroxylation is 1. The molecule has 142 valence electrons. The Morgan fingerprint density at radius 2 is 2.00 bits per heavy atom. The van der Waals surface area contributed by atoms with E-state index in [9.17, 15) is 4.79 Å². The standard InChI is InChI=1S/C19H26N4O2.ClH/c1-14-3-5-15(6-4-14)17-13-18(22-21-17)19(24)23-10-7-16(8-11-23)25-12-2-9-20;/h3-6,13,16H,2,7-12,20H2,1H3,(H,21,22);1H. The van der Waals surface area contributed by atoms with Gasteiger partial charge in [-0.2, -0.15) is 5.10 Å². The number of aromatic amines is 1. The molecule has 0 unspecified atom stereocenters. The second kappa shape index (κ2) is 9.71. The van der Waals surface area contributed by atoms with Crippen molar-refractivity contribution in [2.45, 2.75) is 32.3 Å². The van der Waals surface area contributed by atoms with Crippen LogP contribution >= 0.6 is 12.4 Å². The number of carbonyl (C=O) groups is 1. The van der Waals surface area contributed by atoms with E-state index >= 15 is 0 Å². The molecule has 2 heterocycles. The highest BCUT2D eigenvalue weighted by Gasteiger charge is 2.25. The monoisotopic (exact) mass is 378 g/mol. The molecular formula is C19H27ClN4O2. The molecule has 3 N–H and O–H groups in total. The zero-order valence-electron chi connectivity index (χ0n) is 15.1. The largest absolute Gasteiger partial charge is 0.378 e. The number of nitrogens with zero attached hydrogens (tertiary/aromatic N) is 2. The van der Waals surface area contributed by atoms with Crippen LogP contribution in [0.5, 0.6) is 0 Å². The third-order valence-corrected chi connectivity index (χ3v) is 4.59. The van der Waals surface area contributed by atoms with E-state index in [-0.39, 0.29) is 24.4 Å². The van der Waals surface area contributed by atoms with Gasteiger partial charge in [0.05, 0.1) is 11.8 Å². The number of halogens is 1. The van der Waals surface area contributed by atoms with Gasteiger partial charge < -0.3 is 15.4 Å². The minimum atomic E-state index is 0. The molecule has 1 aromatic carbocycles. The number of likely N-dealkylation sites (tertiary alicyclic amines) is 1. The molecular weight excluding hydrogens is 352 g/mol. The molecule has 0 radical (unpaired) electrons. The summed E-state index contributed by atoms with van der Waals surface area (Å²) >= 11 is 0. The van der Waals surface area contributed by atoms with Crippen molar-refractivity contribution in [3.8, 4) is 11.3 Å². The van der Waals surface area contributed by atoms with Gasteiger partial charge in [0.2, 0.25) is 0 Å². The Morgan fingerprint density at radius 1 is 1.31 bits per heavy atom. The van der Waals surface area contributed by atoms with Crippen LogP contribution in [-0.2, 0) is 4.74 Å². The average Bonchev–Trinajstić information content (AvgIpc) is 3.13. The second-order valence-corrected chi connectivity index (χ2v) is 6.54. The molecule has 1 amide bonds. The lowest BCUT2D eigenvalue weighted by Crippen LogP contribution is -2.41. The molecule has 2 aromatic rings. The fourth-order valence-corrected chi connectivity index (χ4v) is 3.03. The highest BCUT2D eigenvalue weighted by atomic mass is 35.5. The lowest BCUT2D eigenvalue weighted by molar-refractivity contribution is 0.00829. The number of nitrogens with one attached hydrogen (secondary N) is 1. The van der Waals surface area contributed by atoms with Crippen LogP contribution in [0.15, 0.2) is 30.3 Å². The topological polar surface area (TPSA) is 84.2 Å². The maximum Gasteiger partial charge on any atom is 0.271 e. The molecule has 1 saturated heterocycles. The van der Waals surface area contributed by atoms with Gasteiger partial charge in [-0.3, -0.25) is 9.89 Å². The van der Waals surface area contributed by atoms with Crippen molar-refractivity contribution in [2.24, 2.45) is 5.73 Å². The highest BCUT2D eigenvalue weighted by Crippen LogP contribution is 2.20. The first-order chi connectivity index (χ1) is 12.2. The minimum Gasteiger partial charge on any atom is -0.378 e. The first-order valence-corrected chi connectivity index (χ1v) is 8.91. The van der Waals surface area contributed by atoms with Crippen molar-refractivity contribution in [1.82, 2.24) is 15.1 Å². The number of piperidine rings is 1. The quantitative estimate of drug-likeness (QED) is 0.757. The molecule has 0 saturated carbocycles. The Labute approximate surface area is 160 Å². The number of rotatable bonds is 6. The van der Waals surface area contributed by atoms with Crippen LogP contribution in [0.1, 0.15) is 35.3 Å². The minimum absolute atomic E-state index is 0. The highest BCUT2D eigenvalue weighted by molar-refractivity contribution is 5.93. The van der Waals surface area contributed by atoms with Gasteiger partial charge in [0, 0.05) is 25.3 Å². The number of carbonyl (C=O) groups excluding carboxylic acids is 1. The third-order valence-electron chi connectivity index (χ3n) is 4.59. The van der Waals surface area contributed by atoms with Gasteiger partial charge in [-0.15, -0.1) is 12.4 Å². The van der Waals surface area contributed by atoms with E-state index in [1.165, 1.54) is 5.56 Å². The van der Waals surface area contributed by atoms with Gasteiger partial charge in [0.25, 0.3) is 5.91 Å². The SMILES string of the molecule is Cc1ccc(-c2cc(C(=O)N3CCC(OCCCN)CC3)[nH]n2)cc1.Cl. The van der Waals surface area contributed by atoms with E-state index in [0.29, 0.717) is 31.9 Å². The Morgan fingerprint density at radius 3 is 2.65 bits per heavy atom. The third kappa shape index (κ3) is 5.06. The fourth-order valence-electron chi connectivity index (χ4n) is 3.03. The van der Waals surface area contributed by atoms with E-state index in [1.807, 2.05) is 42.2 Å². The van der Waals surface area contributed by atoms with Gasteiger partial charge >= 0.3 is 0 Å². The number of ether oxygens (including phenoxy) is 1. The summed E-state index contributed by atoms with van der Waals surface area (Å²) in [6.07, 6.45) is 2.86. The van der Waals surface area contributed by atoms with Gasteiger partial charge in [-0.05, 0) is 38.8 Å². The van der Waals surface area contributed by atoms with Gasteiger partial charge in [-0.1, -0.05) is 29.8 Å². The molecule has 0 bridgehead atoms. The van der Waals surface area contributed by atoms with Crippen molar-refractivity contribution in [3.05, 3.63) is 41.6 Å². The molecule has 26 heavy (non-hydrogen) atoms. The molecule has 1 fully saturated rings. The predicted octanol–water partition coefficient (Wildman–Crippen LogP) is 2.78. The van der Waals surface area contributed by atoms with Crippen molar-refractivity contribution in [2.75, 3.05) is 26.2 Å². The Bertz CT molecular complexity index is 694. The number of H-pyrrole nitrogens is 1. The summed E-state index contributed by atoms with van der Waals surface area (Å²) in [5, 5.41) is 7.17. The van der Waals surface area contributed by atoms with Gasteiger partial charge in [0.15, 0.2) is 0 Å². The summed E-state index contributed by atoms with van der Waals surface area (Å²) in [6, 6.07) is 9.95. The molecule has 3 rings (SSSR count). The Kier molecular flexibility index (Phi) is 7.63. The molecule has 0 aliphatic carbocycles. The summed E-state index contributed by atoms with van der Waals surface area (Å²) in [5.74, 6) is 0.00581. The smallest absolute Gasteiger partial charge is 0.271 e. The predicted molar refractivity (Wildman–Crippen MR) is 105 cm³/mol. The molecule has 1 aromatic heterocycles. The van der Waals surface area contributed by atoms with E-state index in [4.69, 9.17) is 10.5 Å².